The number of hydrogen-bond acceptors (Lipinski definition) is 4. The van der Waals surface area contributed by atoms with E-state index in [-0.39, 0.29) is 5.57 Å². The topological polar surface area (TPSA) is 106 Å². The maximum absolute atomic E-state index is 12.2. The number of carboxylic acid groups (broad SMARTS) is 1. The van der Waals surface area contributed by atoms with Crippen LogP contribution in [0.1, 0.15) is 24.1 Å². The van der Waals surface area contributed by atoms with E-state index in [2.05, 4.69) is 10.3 Å². The Balaban J connectivity index is 2.17. The summed E-state index contributed by atoms with van der Waals surface area (Å²) >= 11 is 0. The van der Waals surface area contributed by atoms with Crippen molar-refractivity contribution in [3.05, 3.63) is 65.1 Å². The lowest BCUT2D eigenvalue weighted by Crippen LogP contribution is -2.49. The molecule has 0 aliphatic carbocycles. The molecular formula is C19H16N4O3. The van der Waals surface area contributed by atoms with Gasteiger partial charge in [0.25, 0.3) is 0 Å². The monoisotopic (exact) mass is 348 g/mol. The standard InChI is InChI=1S/C19H16N4O3/c1-11-6-7-21-10-16(11)13-4-3-5-14(8-13)17-15(9-20)12(2)22-18(24)23(17)19(25)26/h3-8,10,17H,1-2H3,(H,22,24)(H,25,26). The van der Waals surface area contributed by atoms with Crippen LogP contribution in [0.15, 0.2) is 54.0 Å². The van der Waals surface area contributed by atoms with Crippen molar-refractivity contribution in [3.63, 3.8) is 0 Å². The number of carbonyl (C=O) groups is 2. The molecule has 7 heteroatoms. The van der Waals surface area contributed by atoms with E-state index in [1.807, 2.05) is 25.1 Å². The first-order valence-corrected chi connectivity index (χ1v) is 7.89. The fourth-order valence-corrected chi connectivity index (χ4v) is 3.04. The molecular weight excluding hydrogens is 332 g/mol. The summed E-state index contributed by atoms with van der Waals surface area (Å²) in [6, 6.07) is 9.28. The van der Waals surface area contributed by atoms with Gasteiger partial charge in [0.05, 0.1) is 11.6 Å². The van der Waals surface area contributed by atoms with Crippen LogP contribution in [0.2, 0.25) is 0 Å². The Morgan fingerprint density at radius 3 is 2.77 bits per heavy atom. The lowest BCUT2D eigenvalue weighted by atomic mass is 9.92. The third-order valence-electron chi connectivity index (χ3n) is 4.33. The van der Waals surface area contributed by atoms with Gasteiger partial charge in [0.1, 0.15) is 6.04 Å². The van der Waals surface area contributed by atoms with Gasteiger partial charge >= 0.3 is 12.1 Å². The molecule has 0 bridgehead atoms. The van der Waals surface area contributed by atoms with Crippen molar-refractivity contribution < 1.29 is 14.7 Å². The number of pyridine rings is 1. The molecule has 0 radical (unpaired) electrons. The number of nitrogens with zero attached hydrogens (tertiary/aromatic N) is 3. The van der Waals surface area contributed by atoms with Crippen LogP contribution in [0.5, 0.6) is 0 Å². The van der Waals surface area contributed by atoms with Gasteiger partial charge in [-0.2, -0.15) is 5.26 Å². The Morgan fingerprint density at radius 1 is 1.35 bits per heavy atom. The third-order valence-corrected chi connectivity index (χ3v) is 4.33. The highest BCUT2D eigenvalue weighted by Gasteiger charge is 2.38. The van der Waals surface area contributed by atoms with E-state index in [0.717, 1.165) is 16.7 Å². The van der Waals surface area contributed by atoms with E-state index in [1.165, 1.54) is 0 Å². The summed E-state index contributed by atoms with van der Waals surface area (Å²) in [6.07, 6.45) is 2.00. The molecule has 1 atom stereocenters. The number of allylic oxidation sites excluding steroid dienone is 1. The number of imide groups is 1. The molecule has 2 N–H and O–H groups in total. The largest absolute Gasteiger partial charge is 0.465 e. The highest BCUT2D eigenvalue weighted by molar-refractivity contribution is 5.93. The fourth-order valence-electron chi connectivity index (χ4n) is 3.04. The SMILES string of the molecule is CC1=C(C#N)C(c2cccc(-c3cnccc3C)c2)N(C(=O)O)C(=O)N1. The second kappa shape index (κ2) is 6.69. The molecule has 0 fully saturated rings. The molecule has 7 nitrogen and oxygen atoms in total. The minimum atomic E-state index is -1.42. The quantitative estimate of drug-likeness (QED) is 0.862. The summed E-state index contributed by atoms with van der Waals surface area (Å²) in [4.78, 5) is 28.6. The Morgan fingerprint density at radius 2 is 2.12 bits per heavy atom. The molecule has 130 valence electrons. The molecule has 0 saturated heterocycles. The molecule has 2 heterocycles. The Kier molecular flexibility index (Phi) is 4.42. The molecule has 1 aliphatic heterocycles. The molecule has 3 rings (SSSR count). The lowest BCUT2D eigenvalue weighted by Gasteiger charge is -2.33. The Hall–Kier alpha value is -3.66. The van der Waals surface area contributed by atoms with Gasteiger partial charge < -0.3 is 10.4 Å². The predicted octanol–water partition coefficient (Wildman–Crippen LogP) is 3.60. The van der Waals surface area contributed by atoms with Crippen molar-refractivity contribution in [3.8, 4) is 17.2 Å². The lowest BCUT2D eigenvalue weighted by molar-refractivity contribution is 0.136. The predicted molar refractivity (Wildman–Crippen MR) is 93.9 cm³/mol. The van der Waals surface area contributed by atoms with Gasteiger partial charge in [-0.15, -0.1) is 0 Å². The number of aromatic nitrogens is 1. The number of nitriles is 1. The second-order valence-electron chi connectivity index (χ2n) is 5.95. The van der Waals surface area contributed by atoms with Crippen LogP contribution in [0, 0.1) is 18.3 Å². The molecule has 1 aromatic heterocycles. The summed E-state index contributed by atoms with van der Waals surface area (Å²) < 4.78 is 0. The highest BCUT2D eigenvalue weighted by atomic mass is 16.4. The number of nitrogens with one attached hydrogen (secondary N) is 1. The number of rotatable bonds is 2. The van der Waals surface area contributed by atoms with Crippen LogP contribution in [-0.4, -0.2) is 27.1 Å². The van der Waals surface area contributed by atoms with Crippen LogP contribution in [0.4, 0.5) is 9.59 Å². The van der Waals surface area contributed by atoms with Crippen molar-refractivity contribution in [2.75, 3.05) is 0 Å². The average molecular weight is 348 g/mol. The minimum Gasteiger partial charge on any atom is -0.465 e. The molecule has 0 spiro atoms. The average Bonchev–Trinajstić information content (AvgIpc) is 2.61. The van der Waals surface area contributed by atoms with Crippen LogP contribution in [-0.2, 0) is 0 Å². The normalized spacial score (nSPS) is 16.9. The van der Waals surface area contributed by atoms with Gasteiger partial charge in [0.2, 0.25) is 0 Å². The maximum Gasteiger partial charge on any atom is 0.416 e. The van der Waals surface area contributed by atoms with Crippen LogP contribution < -0.4 is 5.32 Å². The Labute approximate surface area is 150 Å². The van der Waals surface area contributed by atoms with Crippen molar-refractivity contribution in [1.82, 2.24) is 15.2 Å². The second-order valence-corrected chi connectivity index (χ2v) is 5.95. The molecule has 1 aromatic carbocycles. The first kappa shape index (κ1) is 17.2. The summed E-state index contributed by atoms with van der Waals surface area (Å²) in [6.45, 7) is 3.53. The number of urea groups is 1. The first-order chi connectivity index (χ1) is 12.4. The van der Waals surface area contributed by atoms with E-state index >= 15 is 0 Å². The number of amides is 3. The summed E-state index contributed by atoms with van der Waals surface area (Å²) in [5, 5.41) is 21.4. The van der Waals surface area contributed by atoms with Gasteiger partial charge in [-0.1, -0.05) is 18.2 Å². The summed E-state index contributed by atoms with van der Waals surface area (Å²) in [5.41, 5.74) is 3.82. The maximum atomic E-state index is 12.2. The number of aryl methyl sites for hydroxylation is 1. The van der Waals surface area contributed by atoms with Crippen LogP contribution >= 0.6 is 0 Å². The van der Waals surface area contributed by atoms with Crippen molar-refractivity contribution in [1.29, 1.82) is 5.26 Å². The Bertz CT molecular complexity index is 975. The van der Waals surface area contributed by atoms with Gasteiger partial charge in [-0.05, 0) is 42.7 Å². The third kappa shape index (κ3) is 2.89. The van der Waals surface area contributed by atoms with E-state index in [9.17, 15) is 20.0 Å². The number of carbonyl (C=O) groups excluding carboxylic acids is 1. The zero-order valence-electron chi connectivity index (χ0n) is 14.2. The minimum absolute atomic E-state index is 0.187. The molecule has 1 unspecified atom stereocenters. The van der Waals surface area contributed by atoms with E-state index in [0.29, 0.717) is 16.2 Å². The number of benzene rings is 1. The molecule has 26 heavy (non-hydrogen) atoms. The van der Waals surface area contributed by atoms with Crippen molar-refractivity contribution in [2.45, 2.75) is 19.9 Å². The van der Waals surface area contributed by atoms with Gasteiger partial charge in [-0.3, -0.25) is 4.98 Å². The van der Waals surface area contributed by atoms with E-state index in [4.69, 9.17) is 0 Å². The van der Waals surface area contributed by atoms with Gasteiger partial charge in [-0.25, -0.2) is 14.5 Å². The van der Waals surface area contributed by atoms with Crippen LogP contribution in [0.25, 0.3) is 11.1 Å². The zero-order chi connectivity index (χ0) is 18.8. The molecule has 0 saturated carbocycles. The zero-order valence-corrected chi connectivity index (χ0v) is 14.2. The summed E-state index contributed by atoms with van der Waals surface area (Å²) in [7, 11) is 0. The van der Waals surface area contributed by atoms with Crippen LogP contribution in [0.3, 0.4) is 0 Å². The highest BCUT2D eigenvalue weighted by Crippen LogP contribution is 2.35. The van der Waals surface area contributed by atoms with Gasteiger partial charge in [0, 0.05) is 23.7 Å². The van der Waals surface area contributed by atoms with E-state index in [1.54, 1.807) is 37.5 Å². The van der Waals surface area contributed by atoms with Crippen molar-refractivity contribution in [2.24, 2.45) is 0 Å². The molecule has 3 amide bonds. The van der Waals surface area contributed by atoms with Crippen molar-refractivity contribution >= 4 is 12.1 Å². The van der Waals surface area contributed by atoms with E-state index < -0.39 is 18.2 Å². The number of hydrogen-bond donors (Lipinski definition) is 2. The van der Waals surface area contributed by atoms with Gasteiger partial charge in [0.15, 0.2) is 0 Å². The summed E-state index contributed by atoms with van der Waals surface area (Å²) in [5.74, 6) is 0. The first-order valence-electron chi connectivity index (χ1n) is 7.89. The fraction of sp³-hybridized carbons (Fsp3) is 0.158. The molecule has 1 aliphatic rings. The smallest absolute Gasteiger partial charge is 0.416 e. The molecule has 2 aromatic rings.